The highest BCUT2D eigenvalue weighted by Gasteiger charge is 2.74. The monoisotopic (exact) mass is 368 g/mol. The first-order chi connectivity index (χ1) is 11.8. The maximum absolute atomic E-state index is 11.6. The van der Waals surface area contributed by atoms with E-state index in [4.69, 9.17) is 0 Å². The lowest BCUT2D eigenvalue weighted by molar-refractivity contribution is -0.174. The Bertz CT molecular complexity index is 644. The van der Waals surface area contributed by atoms with Crippen LogP contribution in [0.2, 0.25) is 0 Å². The van der Waals surface area contributed by atoms with Gasteiger partial charge < -0.3 is 30.6 Å². The molecular formula is C20H32O6. The predicted octanol–water partition coefficient (Wildman–Crippen LogP) is -0.0557. The molecule has 26 heavy (non-hydrogen) atoms. The maximum atomic E-state index is 11.6. The molecule has 0 aromatic rings. The van der Waals surface area contributed by atoms with Crippen molar-refractivity contribution in [2.75, 3.05) is 0 Å². The van der Waals surface area contributed by atoms with E-state index in [-0.39, 0.29) is 18.3 Å². The first-order valence-electron chi connectivity index (χ1n) is 9.68. The van der Waals surface area contributed by atoms with Gasteiger partial charge in [-0.05, 0) is 38.5 Å². The summed E-state index contributed by atoms with van der Waals surface area (Å²) < 4.78 is 0. The molecule has 10 atom stereocenters. The van der Waals surface area contributed by atoms with Crippen molar-refractivity contribution < 1.29 is 30.6 Å². The van der Waals surface area contributed by atoms with Crippen LogP contribution in [0.4, 0.5) is 0 Å². The van der Waals surface area contributed by atoms with Crippen molar-refractivity contribution in [1.29, 1.82) is 0 Å². The van der Waals surface area contributed by atoms with Crippen LogP contribution in [0.5, 0.6) is 0 Å². The lowest BCUT2D eigenvalue weighted by Crippen LogP contribution is -2.57. The van der Waals surface area contributed by atoms with E-state index in [1.54, 1.807) is 20.8 Å². The second-order valence-corrected chi connectivity index (χ2v) is 10.2. The van der Waals surface area contributed by atoms with E-state index in [2.05, 4.69) is 6.58 Å². The smallest absolute Gasteiger partial charge is 0.107 e. The molecule has 1 spiro atoms. The first kappa shape index (κ1) is 18.8. The van der Waals surface area contributed by atoms with E-state index in [0.717, 1.165) is 0 Å². The summed E-state index contributed by atoms with van der Waals surface area (Å²) >= 11 is 0. The van der Waals surface area contributed by atoms with Gasteiger partial charge in [-0.1, -0.05) is 26.0 Å². The van der Waals surface area contributed by atoms with Crippen LogP contribution in [0.15, 0.2) is 12.2 Å². The normalized spacial score (nSPS) is 61.1. The van der Waals surface area contributed by atoms with E-state index in [1.807, 2.05) is 0 Å². The van der Waals surface area contributed by atoms with Gasteiger partial charge in [0.2, 0.25) is 0 Å². The molecule has 6 N–H and O–H groups in total. The van der Waals surface area contributed by atoms with Crippen molar-refractivity contribution in [3.63, 3.8) is 0 Å². The minimum Gasteiger partial charge on any atom is -0.392 e. The molecular weight excluding hydrogens is 336 g/mol. The van der Waals surface area contributed by atoms with E-state index < -0.39 is 52.4 Å². The van der Waals surface area contributed by atoms with Gasteiger partial charge in [-0.2, -0.15) is 0 Å². The zero-order valence-electron chi connectivity index (χ0n) is 15.8. The summed E-state index contributed by atoms with van der Waals surface area (Å²) in [5, 5.41) is 66.0. The molecule has 0 aromatic carbocycles. The van der Waals surface area contributed by atoms with Crippen LogP contribution < -0.4 is 0 Å². The molecule has 0 aliphatic heterocycles. The molecule has 4 aliphatic carbocycles. The zero-order chi connectivity index (χ0) is 19.4. The van der Waals surface area contributed by atoms with Crippen molar-refractivity contribution >= 4 is 0 Å². The summed E-state index contributed by atoms with van der Waals surface area (Å²) in [4.78, 5) is 0. The Kier molecular flexibility index (Phi) is 3.70. The van der Waals surface area contributed by atoms with Gasteiger partial charge in [0.15, 0.2) is 0 Å². The van der Waals surface area contributed by atoms with Gasteiger partial charge in [0.25, 0.3) is 0 Å². The molecule has 4 rings (SSSR count). The van der Waals surface area contributed by atoms with Crippen LogP contribution >= 0.6 is 0 Å². The second-order valence-electron chi connectivity index (χ2n) is 10.2. The van der Waals surface area contributed by atoms with Gasteiger partial charge in [0.05, 0.1) is 30.0 Å². The number of aliphatic hydroxyl groups excluding tert-OH is 4. The number of hydrogen-bond donors (Lipinski definition) is 6. The van der Waals surface area contributed by atoms with Crippen molar-refractivity contribution in [1.82, 2.24) is 0 Å². The number of rotatable bonds is 0. The molecule has 148 valence electrons. The molecule has 0 saturated heterocycles. The third-order valence-corrected chi connectivity index (χ3v) is 8.76. The van der Waals surface area contributed by atoms with Crippen molar-refractivity contribution in [3.05, 3.63) is 12.2 Å². The van der Waals surface area contributed by atoms with Crippen LogP contribution in [-0.2, 0) is 0 Å². The van der Waals surface area contributed by atoms with Crippen LogP contribution in [0.1, 0.15) is 46.5 Å². The molecule has 6 nitrogen and oxygen atoms in total. The quantitative estimate of drug-likeness (QED) is 0.333. The van der Waals surface area contributed by atoms with Crippen molar-refractivity contribution in [2.45, 2.75) is 82.1 Å². The molecule has 4 fully saturated rings. The lowest BCUT2D eigenvalue weighted by atomic mass is 9.61. The summed E-state index contributed by atoms with van der Waals surface area (Å²) in [7, 11) is 0. The average Bonchev–Trinajstić information content (AvgIpc) is 2.70. The molecule has 0 heterocycles. The second kappa shape index (κ2) is 5.10. The van der Waals surface area contributed by atoms with E-state index in [1.165, 1.54) is 0 Å². The molecule has 4 saturated carbocycles. The van der Waals surface area contributed by atoms with Crippen molar-refractivity contribution in [2.24, 2.45) is 28.6 Å². The van der Waals surface area contributed by atoms with Gasteiger partial charge in [-0.25, -0.2) is 0 Å². The molecule has 0 radical (unpaired) electrons. The largest absolute Gasteiger partial charge is 0.392 e. The molecule has 0 amide bonds. The Balaban J connectivity index is 1.88. The molecule has 0 unspecified atom stereocenters. The molecule has 2 bridgehead atoms. The molecule has 6 heteroatoms. The average molecular weight is 368 g/mol. The molecule has 4 aliphatic rings. The van der Waals surface area contributed by atoms with Crippen LogP contribution in [0.25, 0.3) is 0 Å². The number of fused-ring (bicyclic) bond motifs is 2. The van der Waals surface area contributed by atoms with Gasteiger partial charge in [0.1, 0.15) is 5.60 Å². The Hall–Kier alpha value is -0.500. The fourth-order valence-corrected chi connectivity index (χ4v) is 7.34. The van der Waals surface area contributed by atoms with E-state index in [9.17, 15) is 30.6 Å². The maximum Gasteiger partial charge on any atom is 0.107 e. The number of hydrogen-bond acceptors (Lipinski definition) is 6. The minimum absolute atomic E-state index is 0.111. The van der Waals surface area contributed by atoms with Crippen LogP contribution in [0.3, 0.4) is 0 Å². The molecule has 0 aromatic heterocycles. The third kappa shape index (κ3) is 1.84. The van der Waals surface area contributed by atoms with E-state index in [0.29, 0.717) is 24.8 Å². The fraction of sp³-hybridized carbons (Fsp3) is 0.900. The topological polar surface area (TPSA) is 121 Å². The van der Waals surface area contributed by atoms with Crippen molar-refractivity contribution in [3.8, 4) is 0 Å². The Labute approximate surface area is 154 Å². The van der Waals surface area contributed by atoms with Crippen LogP contribution in [-0.4, -0.2) is 66.3 Å². The summed E-state index contributed by atoms with van der Waals surface area (Å²) in [6.07, 6.45) is -2.72. The number of aliphatic hydroxyl groups is 6. The Morgan fingerprint density at radius 2 is 1.58 bits per heavy atom. The van der Waals surface area contributed by atoms with Crippen LogP contribution in [0, 0.1) is 28.6 Å². The third-order valence-electron chi connectivity index (χ3n) is 8.76. The zero-order valence-corrected chi connectivity index (χ0v) is 15.8. The Morgan fingerprint density at radius 1 is 0.962 bits per heavy atom. The standard InChI is InChI=1S/C20H32O6/c1-9-10-5-6-11-15(23)19(10,8-18(11,4)25)7-12(21)20(26)13(9)14(22)16(24)17(20,2)3/h10-16,21-26H,1,5-8H2,2-4H3/t10-,11+,12-,13+,14+,15+,16-,18+,19-,20+/m0/s1. The predicted molar refractivity (Wildman–Crippen MR) is 93.9 cm³/mol. The summed E-state index contributed by atoms with van der Waals surface area (Å²) in [6, 6.07) is 0. The van der Waals surface area contributed by atoms with Gasteiger partial charge in [0, 0.05) is 22.7 Å². The summed E-state index contributed by atoms with van der Waals surface area (Å²) in [6.45, 7) is 9.22. The highest BCUT2D eigenvalue weighted by molar-refractivity contribution is 5.33. The SMILES string of the molecule is C=C1[C@@H]2[C@@H](O)[C@H](O)C(C)(C)[C@@]2(O)[C@@H](O)C[C@]23C[C@@](C)(O)[C@H](CC[C@@H]12)[C@H]3O. The summed E-state index contributed by atoms with van der Waals surface area (Å²) in [5.74, 6) is -1.37. The van der Waals surface area contributed by atoms with E-state index >= 15 is 0 Å². The summed E-state index contributed by atoms with van der Waals surface area (Å²) in [5.41, 5.74) is -4.13. The fourth-order valence-electron chi connectivity index (χ4n) is 7.34. The highest BCUT2D eigenvalue weighted by atomic mass is 16.4. The van der Waals surface area contributed by atoms with Gasteiger partial charge >= 0.3 is 0 Å². The minimum atomic E-state index is -1.75. The Morgan fingerprint density at radius 3 is 2.19 bits per heavy atom. The van der Waals surface area contributed by atoms with Gasteiger partial charge in [-0.3, -0.25) is 0 Å². The first-order valence-corrected chi connectivity index (χ1v) is 9.68. The van der Waals surface area contributed by atoms with Gasteiger partial charge in [-0.15, -0.1) is 0 Å². The lowest BCUT2D eigenvalue weighted by Gasteiger charge is -2.46. The highest BCUT2D eigenvalue weighted by Crippen LogP contribution is 2.68.